The molecule has 5 nitrogen and oxygen atoms in total. The maximum atomic E-state index is 12.1. The number of sulfonamides is 1. The standard InChI is InChI=1S/C12H14ClN3O2S2/c1-2-8-3-4-19-11(8)7-16-20(17,18)9-5-10(13)12(14)15-6-9/h3-6,16H,2,7H2,1H3,(H2,14,15). The number of nitrogens with one attached hydrogen (secondary N) is 1. The van der Waals surface area contributed by atoms with Gasteiger partial charge in [-0.1, -0.05) is 18.5 Å². The molecule has 3 N–H and O–H groups in total. The summed E-state index contributed by atoms with van der Waals surface area (Å²) in [6, 6.07) is 3.29. The van der Waals surface area contributed by atoms with E-state index in [9.17, 15) is 8.42 Å². The van der Waals surface area contributed by atoms with Gasteiger partial charge in [0.2, 0.25) is 10.0 Å². The fraction of sp³-hybridized carbons (Fsp3) is 0.250. The fourth-order valence-corrected chi connectivity index (χ4v) is 3.86. The molecule has 8 heteroatoms. The maximum Gasteiger partial charge on any atom is 0.242 e. The first-order valence-corrected chi connectivity index (χ1v) is 8.64. The van der Waals surface area contributed by atoms with Crippen LogP contribution in [0.5, 0.6) is 0 Å². The molecule has 0 atom stereocenters. The van der Waals surface area contributed by atoms with E-state index in [0.717, 1.165) is 16.9 Å². The van der Waals surface area contributed by atoms with E-state index in [1.54, 1.807) is 0 Å². The fourth-order valence-electron chi connectivity index (χ4n) is 1.66. The van der Waals surface area contributed by atoms with E-state index in [2.05, 4.69) is 9.71 Å². The Morgan fingerprint density at radius 3 is 2.90 bits per heavy atom. The Labute approximate surface area is 126 Å². The SMILES string of the molecule is CCc1ccsc1CNS(=O)(=O)c1cnc(N)c(Cl)c1. The Morgan fingerprint density at radius 2 is 2.25 bits per heavy atom. The van der Waals surface area contributed by atoms with Crippen LogP contribution >= 0.6 is 22.9 Å². The van der Waals surface area contributed by atoms with Crippen LogP contribution in [0.1, 0.15) is 17.4 Å². The quantitative estimate of drug-likeness (QED) is 0.881. The molecule has 0 aliphatic carbocycles. The lowest BCUT2D eigenvalue weighted by atomic mass is 10.2. The molecule has 0 radical (unpaired) electrons. The number of aryl methyl sites for hydroxylation is 1. The predicted octanol–water partition coefficient (Wildman–Crippen LogP) is 2.42. The summed E-state index contributed by atoms with van der Waals surface area (Å²) in [6.45, 7) is 2.29. The number of thiophene rings is 1. The van der Waals surface area contributed by atoms with Crippen molar-refractivity contribution in [1.29, 1.82) is 0 Å². The third kappa shape index (κ3) is 3.29. The second kappa shape index (κ2) is 6.09. The molecule has 2 aromatic rings. The number of nitrogens with zero attached hydrogens (tertiary/aromatic N) is 1. The number of hydrogen-bond acceptors (Lipinski definition) is 5. The number of aromatic nitrogens is 1. The molecule has 0 saturated carbocycles. The van der Waals surface area contributed by atoms with Crippen molar-refractivity contribution in [2.75, 3.05) is 5.73 Å². The van der Waals surface area contributed by atoms with Crippen molar-refractivity contribution in [1.82, 2.24) is 9.71 Å². The van der Waals surface area contributed by atoms with Gasteiger partial charge in [0, 0.05) is 17.6 Å². The van der Waals surface area contributed by atoms with Crippen LogP contribution in [0, 0.1) is 0 Å². The Balaban J connectivity index is 2.17. The van der Waals surface area contributed by atoms with Crippen molar-refractivity contribution in [3.8, 4) is 0 Å². The molecule has 0 spiro atoms. The highest BCUT2D eigenvalue weighted by atomic mass is 35.5. The molecule has 108 valence electrons. The third-order valence-corrected chi connectivity index (χ3v) is 5.43. The highest BCUT2D eigenvalue weighted by Crippen LogP contribution is 2.21. The average molecular weight is 332 g/mol. The largest absolute Gasteiger partial charge is 0.382 e. The lowest BCUT2D eigenvalue weighted by molar-refractivity contribution is 0.581. The van der Waals surface area contributed by atoms with E-state index in [4.69, 9.17) is 17.3 Å². The van der Waals surface area contributed by atoms with Gasteiger partial charge in [0.15, 0.2) is 0 Å². The van der Waals surface area contributed by atoms with Gasteiger partial charge < -0.3 is 5.73 Å². The van der Waals surface area contributed by atoms with Crippen molar-refractivity contribution in [3.05, 3.63) is 39.2 Å². The maximum absolute atomic E-state index is 12.1. The average Bonchev–Trinajstić information content (AvgIpc) is 2.87. The zero-order valence-electron chi connectivity index (χ0n) is 10.8. The Hall–Kier alpha value is -1.15. The van der Waals surface area contributed by atoms with Crippen LogP contribution in [0.25, 0.3) is 0 Å². The second-order valence-corrected chi connectivity index (χ2v) is 7.26. The van der Waals surface area contributed by atoms with E-state index in [1.807, 2.05) is 18.4 Å². The van der Waals surface area contributed by atoms with Gasteiger partial charge >= 0.3 is 0 Å². The van der Waals surface area contributed by atoms with Crippen molar-refractivity contribution in [2.45, 2.75) is 24.8 Å². The molecule has 2 rings (SSSR count). The van der Waals surface area contributed by atoms with Gasteiger partial charge in [-0.3, -0.25) is 0 Å². The van der Waals surface area contributed by atoms with Crippen LogP contribution in [0.3, 0.4) is 0 Å². The number of rotatable bonds is 5. The first kappa shape index (κ1) is 15.2. The zero-order valence-corrected chi connectivity index (χ0v) is 13.1. The van der Waals surface area contributed by atoms with Crippen molar-refractivity contribution >= 4 is 38.8 Å². The predicted molar refractivity (Wildman–Crippen MR) is 81.4 cm³/mol. The van der Waals surface area contributed by atoms with E-state index >= 15 is 0 Å². The number of pyridine rings is 1. The summed E-state index contributed by atoms with van der Waals surface area (Å²) in [5.74, 6) is 0.108. The summed E-state index contributed by atoms with van der Waals surface area (Å²) < 4.78 is 26.8. The Bertz CT molecular complexity index is 713. The molecule has 0 bridgehead atoms. The number of hydrogen-bond donors (Lipinski definition) is 2. The molecular weight excluding hydrogens is 318 g/mol. The number of nitrogen functional groups attached to an aromatic ring is 1. The van der Waals surface area contributed by atoms with E-state index in [-0.39, 0.29) is 22.3 Å². The monoisotopic (exact) mass is 331 g/mol. The third-order valence-electron chi connectivity index (χ3n) is 2.80. The molecule has 0 aromatic carbocycles. The summed E-state index contributed by atoms with van der Waals surface area (Å²) >= 11 is 7.32. The molecule has 0 unspecified atom stereocenters. The summed E-state index contributed by atoms with van der Waals surface area (Å²) in [4.78, 5) is 4.76. The van der Waals surface area contributed by atoms with Crippen LogP contribution in [0.15, 0.2) is 28.6 Å². The van der Waals surface area contributed by atoms with Crippen LogP contribution in [0.2, 0.25) is 5.02 Å². The normalized spacial score (nSPS) is 11.7. The smallest absolute Gasteiger partial charge is 0.242 e. The summed E-state index contributed by atoms with van der Waals surface area (Å²) in [6.07, 6.45) is 2.06. The van der Waals surface area contributed by atoms with Crippen molar-refractivity contribution in [3.63, 3.8) is 0 Å². The highest BCUT2D eigenvalue weighted by molar-refractivity contribution is 7.89. The first-order valence-electron chi connectivity index (χ1n) is 5.90. The minimum atomic E-state index is -3.65. The molecule has 0 aliphatic rings. The van der Waals surface area contributed by atoms with Crippen molar-refractivity contribution < 1.29 is 8.42 Å². The molecule has 0 aliphatic heterocycles. The zero-order chi connectivity index (χ0) is 14.8. The van der Waals surface area contributed by atoms with Gasteiger partial charge in [-0.25, -0.2) is 18.1 Å². The molecule has 0 saturated heterocycles. The van der Waals surface area contributed by atoms with E-state index in [0.29, 0.717) is 0 Å². The second-order valence-electron chi connectivity index (χ2n) is 4.09. The summed E-state index contributed by atoms with van der Waals surface area (Å²) in [7, 11) is -3.65. The van der Waals surface area contributed by atoms with Crippen LogP contribution in [0.4, 0.5) is 5.82 Å². The number of anilines is 1. The van der Waals surface area contributed by atoms with Gasteiger partial charge in [-0.2, -0.15) is 0 Å². The minimum Gasteiger partial charge on any atom is -0.382 e. The van der Waals surface area contributed by atoms with E-state index < -0.39 is 10.0 Å². The van der Waals surface area contributed by atoms with Gasteiger partial charge in [-0.05, 0) is 29.5 Å². The number of nitrogens with two attached hydrogens (primary N) is 1. The van der Waals surface area contributed by atoms with Gasteiger partial charge in [-0.15, -0.1) is 11.3 Å². The topological polar surface area (TPSA) is 85.1 Å². The lowest BCUT2D eigenvalue weighted by Gasteiger charge is -2.07. The summed E-state index contributed by atoms with van der Waals surface area (Å²) in [5.41, 5.74) is 6.61. The van der Waals surface area contributed by atoms with Crippen LogP contribution < -0.4 is 10.5 Å². The lowest BCUT2D eigenvalue weighted by Crippen LogP contribution is -2.23. The molecular formula is C12H14ClN3O2S2. The van der Waals surface area contributed by atoms with Gasteiger partial charge in [0.25, 0.3) is 0 Å². The molecule has 2 aromatic heterocycles. The molecule has 2 heterocycles. The van der Waals surface area contributed by atoms with Crippen LogP contribution in [-0.2, 0) is 23.0 Å². The summed E-state index contributed by atoms with van der Waals surface area (Å²) in [5, 5.41) is 2.07. The number of halogens is 1. The Morgan fingerprint density at radius 1 is 1.50 bits per heavy atom. The van der Waals surface area contributed by atoms with Gasteiger partial charge in [0.1, 0.15) is 10.7 Å². The first-order chi connectivity index (χ1) is 9.44. The van der Waals surface area contributed by atoms with Crippen LogP contribution in [-0.4, -0.2) is 13.4 Å². The highest BCUT2D eigenvalue weighted by Gasteiger charge is 2.16. The molecule has 0 amide bonds. The minimum absolute atomic E-state index is 0.00584. The van der Waals surface area contributed by atoms with E-state index in [1.165, 1.54) is 23.6 Å². The van der Waals surface area contributed by atoms with Gasteiger partial charge in [0.05, 0.1) is 5.02 Å². The molecule has 0 fully saturated rings. The molecule has 20 heavy (non-hydrogen) atoms. The Kier molecular flexibility index (Phi) is 4.64. The van der Waals surface area contributed by atoms with Crippen molar-refractivity contribution in [2.24, 2.45) is 0 Å².